The molecule has 2 heterocycles. The van der Waals surface area contributed by atoms with E-state index < -0.39 is 0 Å². The molecule has 2 aromatic heterocycles. The van der Waals surface area contributed by atoms with Gasteiger partial charge in [-0.2, -0.15) is 0 Å². The quantitative estimate of drug-likeness (QED) is 0.340. The summed E-state index contributed by atoms with van der Waals surface area (Å²) < 4.78 is 2.46. The SMILES string of the molecule is CCCCc1nc2cnc3ccccc3c2n1C(C)c1cccc2ccccc12. The minimum Gasteiger partial charge on any atom is -0.320 e. The fraction of sp³-hybridized carbons (Fsp3) is 0.231. The summed E-state index contributed by atoms with van der Waals surface area (Å²) in [6.45, 7) is 4.53. The average Bonchev–Trinajstić information content (AvgIpc) is 3.15. The zero-order valence-corrected chi connectivity index (χ0v) is 17.0. The van der Waals surface area contributed by atoms with E-state index >= 15 is 0 Å². The lowest BCUT2D eigenvalue weighted by molar-refractivity contribution is 0.607. The van der Waals surface area contributed by atoms with Crippen LogP contribution in [0.1, 0.15) is 44.1 Å². The van der Waals surface area contributed by atoms with Crippen LogP contribution >= 0.6 is 0 Å². The summed E-state index contributed by atoms with van der Waals surface area (Å²) in [5, 5.41) is 3.76. The van der Waals surface area contributed by atoms with E-state index in [-0.39, 0.29) is 6.04 Å². The molecule has 5 rings (SSSR count). The minimum absolute atomic E-state index is 0.184. The van der Waals surface area contributed by atoms with Crippen LogP contribution < -0.4 is 0 Å². The van der Waals surface area contributed by atoms with E-state index in [1.807, 2.05) is 12.3 Å². The van der Waals surface area contributed by atoms with Crippen molar-refractivity contribution >= 4 is 32.7 Å². The van der Waals surface area contributed by atoms with Gasteiger partial charge in [0.25, 0.3) is 0 Å². The van der Waals surface area contributed by atoms with Gasteiger partial charge in [0, 0.05) is 11.8 Å². The van der Waals surface area contributed by atoms with Crippen LogP contribution in [0.15, 0.2) is 72.9 Å². The van der Waals surface area contributed by atoms with Crippen LogP contribution in [0.3, 0.4) is 0 Å². The minimum atomic E-state index is 0.184. The van der Waals surface area contributed by atoms with Gasteiger partial charge >= 0.3 is 0 Å². The Bertz CT molecular complexity index is 1310. The van der Waals surface area contributed by atoms with E-state index in [0.717, 1.165) is 36.1 Å². The number of aryl methyl sites for hydroxylation is 1. The number of para-hydroxylation sites is 1. The molecule has 29 heavy (non-hydrogen) atoms. The molecule has 0 aliphatic carbocycles. The average molecular weight is 380 g/mol. The Kier molecular flexibility index (Phi) is 4.51. The molecular weight excluding hydrogens is 354 g/mol. The third kappa shape index (κ3) is 2.98. The molecular formula is C26H25N3. The lowest BCUT2D eigenvalue weighted by atomic mass is 9.99. The predicted octanol–water partition coefficient (Wildman–Crippen LogP) is 6.69. The molecule has 0 radical (unpaired) electrons. The first-order valence-electron chi connectivity index (χ1n) is 10.5. The largest absolute Gasteiger partial charge is 0.320 e. The summed E-state index contributed by atoms with van der Waals surface area (Å²) in [7, 11) is 0. The number of unbranched alkanes of at least 4 members (excludes halogenated alkanes) is 1. The maximum absolute atomic E-state index is 5.03. The highest BCUT2D eigenvalue weighted by molar-refractivity contribution is 6.02. The lowest BCUT2D eigenvalue weighted by Gasteiger charge is -2.20. The Morgan fingerprint density at radius 1 is 0.862 bits per heavy atom. The zero-order valence-electron chi connectivity index (χ0n) is 17.0. The number of aromatic nitrogens is 3. The molecule has 0 fully saturated rings. The molecule has 3 aromatic carbocycles. The number of fused-ring (bicyclic) bond motifs is 4. The van der Waals surface area contributed by atoms with Crippen LogP contribution in [0, 0.1) is 0 Å². The highest BCUT2D eigenvalue weighted by Gasteiger charge is 2.20. The monoisotopic (exact) mass is 379 g/mol. The molecule has 5 aromatic rings. The van der Waals surface area contributed by atoms with Gasteiger partial charge in [-0.05, 0) is 35.7 Å². The van der Waals surface area contributed by atoms with Gasteiger partial charge in [0.05, 0.1) is 23.3 Å². The van der Waals surface area contributed by atoms with Crippen molar-refractivity contribution < 1.29 is 0 Å². The van der Waals surface area contributed by atoms with Crippen molar-refractivity contribution in [3.8, 4) is 0 Å². The summed E-state index contributed by atoms with van der Waals surface area (Å²) in [5.74, 6) is 1.15. The predicted molar refractivity (Wildman–Crippen MR) is 121 cm³/mol. The van der Waals surface area contributed by atoms with Crippen LogP contribution in [0.25, 0.3) is 32.7 Å². The van der Waals surface area contributed by atoms with Gasteiger partial charge in [0.1, 0.15) is 11.3 Å². The van der Waals surface area contributed by atoms with Gasteiger partial charge in [-0.25, -0.2) is 4.98 Å². The van der Waals surface area contributed by atoms with Crippen LogP contribution in [0.4, 0.5) is 0 Å². The molecule has 1 unspecified atom stereocenters. The molecule has 0 N–H and O–H groups in total. The Morgan fingerprint density at radius 3 is 2.48 bits per heavy atom. The van der Waals surface area contributed by atoms with E-state index in [2.05, 4.69) is 84.1 Å². The van der Waals surface area contributed by atoms with Crippen molar-refractivity contribution in [3.63, 3.8) is 0 Å². The first kappa shape index (κ1) is 17.9. The van der Waals surface area contributed by atoms with Crippen LogP contribution in [0.2, 0.25) is 0 Å². The van der Waals surface area contributed by atoms with Crippen molar-refractivity contribution in [1.82, 2.24) is 14.5 Å². The Morgan fingerprint density at radius 2 is 1.62 bits per heavy atom. The maximum atomic E-state index is 5.03. The van der Waals surface area contributed by atoms with Crippen molar-refractivity contribution in [2.45, 2.75) is 39.2 Å². The molecule has 0 saturated carbocycles. The third-order valence-electron chi connectivity index (χ3n) is 5.91. The highest BCUT2D eigenvalue weighted by atomic mass is 15.1. The molecule has 3 heteroatoms. The highest BCUT2D eigenvalue weighted by Crippen LogP contribution is 2.33. The number of benzene rings is 3. The molecule has 144 valence electrons. The van der Waals surface area contributed by atoms with Crippen LogP contribution in [0.5, 0.6) is 0 Å². The summed E-state index contributed by atoms with van der Waals surface area (Å²) in [4.78, 5) is 9.68. The molecule has 0 bridgehead atoms. The van der Waals surface area contributed by atoms with Gasteiger partial charge < -0.3 is 4.57 Å². The summed E-state index contributed by atoms with van der Waals surface area (Å²) in [5.41, 5.74) is 4.54. The molecule has 0 amide bonds. The van der Waals surface area contributed by atoms with E-state index in [0.29, 0.717) is 0 Å². The standard InChI is InChI=1S/C26H25N3/c1-3-4-16-25-28-24-17-27-23-15-8-7-13-22(23)26(24)29(25)18(2)20-14-9-11-19-10-5-6-12-21(19)20/h5-15,17-18H,3-4,16H2,1-2H3. The van der Waals surface area contributed by atoms with Crippen molar-refractivity contribution in [1.29, 1.82) is 0 Å². The van der Waals surface area contributed by atoms with Crippen molar-refractivity contribution in [2.75, 3.05) is 0 Å². The van der Waals surface area contributed by atoms with E-state index in [1.54, 1.807) is 0 Å². The third-order valence-corrected chi connectivity index (χ3v) is 5.91. The Balaban J connectivity index is 1.80. The normalized spacial score (nSPS) is 12.8. The Hall–Kier alpha value is -3.20. The summed E-state index contributed by atoms with van der Waals surface area (Å²) in [6.07, 6.45) is 5.20. The van der Waals surface area contributed by atoms with E-state index in [9.17, 15) is 0 Å². The second-order valence-corrected chi connectivity index (χ2v) is 7.76. The van der Waals surface area contributed by atoms with Gasteiger partial charge in [-0.1, -0.05) is 74.0 Å². The van der Waals surface area contributed by atoms with Gasteiger partial charge in [-0.15, -0.1) is 0 Å². The molecule has 0 aliphatic heterocycles. The number of hydrogen-bond acceptors (Lipinski definition) is 2. The van der Waals surface area contributed by atoms with Gasteiger partial charge in [0.2, 0.25) is 0 Å². The topological polar surface area (TPSA) is 30.7 Å². The number of pyridine rings is 1. The van der Waals surface area contributed by atoms with Crippen LogP contribution in [-0.4, -0.2) is 14.5 Å². The van der Waals surface area contributed by atoms with Crippen molar-refractivity contribution in [2.24, 2.45) is 0 Å². The fourth-order valence-electron chi connectivity index (χ4n) is 4.46. The first-order valence-corrected chi connectivity index (χ1v) is 10.5. The lowest BCUT2D eigenvalue weighted by Crippen LogP contribution is -2.11. The summed E-state index contributed by atoms with van der Waals surface area (Å²) >= 11 is 0. The van der Waals surface area contributed by atoms with E-state index in [4.69, 9.17) is 4.98 Å². The fourth-order valence-corrected chi connectivity index (χ4v) is 4.46. The number of imidazole rings is 1. The van der Waals surface area contributed by atoms with E-state index in [1.165, 1.54) is 27.2 Å². The second-order valence-electron chi connectivity index (χ2n) is 7.76. The molecule has 3 nitrogen and oxygen atoms in total. The maximum Gasteiger partial charge on any atom is 0.110 e. The summed E-state index contributed by atoms with van der Waals surface area (Å²) in [6, 6.07) is 23.8. The van der Waals surface area contributed by atoms with Gasteiger partial charge in [0.15, 0.2) is 0 Å². The number of hydrogen-bond donors (Lipinski definition) is 0. The number of rotatable bonds is 5. The Labute approximate surface area is 171 Å². The number of nitrogens with zero attached hydrogens (tertiary/aromatic N) is 3. The zero-order chi connectivity index (χ0) is 19.8. The smallest absolute Gasteiger partial charge is 0.110 e. The second kappa shape index (κ2) is 7.32. The molecule has 0 saturated heterocycles. The molecule has 0 aliphatic rings. The van der Waals surface area contributed by atoms with Crippen molar-refractivity contribution in [3.05, 3.63) is 84.3 Å². The molecule has 0 spiro atoms. The molecule has 1 atom stereocenters. The van der Waals surface area contributed by atoms with Crippen LogP contribution in [-0.2, 0) is 6.42 Å². The van der Waals surface area contributed by atoms with Gasteiger partial charge in [-0.3, -0.25) is 4.98 Å². The first-order chi connectivity index (χ1) is 14.3.